The van der Waals surface area contributed by atoms with Crippen LogP contribution >= 0.6 is 0 Å². The van der Waals surface area contributed by atoms with Gasteiger partial charge in [-0.15, -0.1) is 0 Å². The van der Waals surface area contributed by atoms with Crippen molar-refractivity contribution in [3.63, 3.8) is 0 Å². The molecule has 0 saturated heterocycles. The maximum atomic E-state index is 12.2. The zero-order chi connectivity index (χ0) is 19.1. The summed E-state index contributed by atoms with van der Waals surface area (Å²) in [5, 5.41) is 5.12. The Morgan fingerprint density at radius 2 is 1.81 bits per heavy atom. The molecule has 0 radical (unpaired) electrons. The molecule has 0 aliphatic carbocycles. The fourth-order valence-electron chi connectivity index (χ4n) is 2.74. The van der Waals surface area contributed by atoms with E-state index in [1.807, 2.05) is 60.7 Å². The van der Waals surface area contributed by atoms with Gasteiger partial charge in [-0.1, -0.05) is 43.3 Å². The van der Waals surface area contributed by atoms with E-state index in [2.05, 4.69) is 12.2 Å². The number of carbonyl (C=O) groups excluding carboxylic acids is 1. The summed E-state index contributed by atoms with van der Waals surface area (Å²) in [7, 11) is 1.61. The molecule has 0 spiro atoms. The topological polar surface area (TPSA) is 47.6 Å². The van der Waals surface area contributed by atoms with Crippen LogP contribution in [0.3, 0.4) is 0 Å². The number of amides is 1. The first-order valence-corrected chi connectivity index (χ1v) is 8.98. The zero-order valence-electron chi connectivity index (χ0n) is 15.6. The van der Waals surface area contributed by atoms with Crippen LogP contribution in [0.1, 0.15) is 18.9 Å². The molecule has 27 heavy (non-hydrogen) atoms. The van der Waals surface area contributed by atoms with Crippen molar-refractivity contribution in [3.05, 3.63) is 72.3 Å². The third-order valence-electron chi connectivity index (χ3n) is 4.09. The summed E-state index contributed by atoms with van der Waals surface area (Å²) >= 11 is 0. The van der Waals surface area contributed by atoms with Gasteiger partial charge in [0.25, 0.3) is 0 Å². The van der Waals surface area contributed by atoms with E-state index >= 15 is 0 Å². The van der Waals surface area contributed by atoms with Crippen molar-refractivity contribution >= 4 is 28.4 Å². The van der Waals surface area contributed by atoms with Gasteiger partial charge < -0.3 is 14.8 Å². The fraction of sp³-hybridized carbons (Fsp3) is 0.174. The van der Waals surface area contributed by atoms with Crippen molar-refractivity contribution in [2.45, 2.75) is 13.3 Å². The van der Waals surface area contributed by atoms with E-state index in [4.69, 9.17) is 9.47 Å². The highest BCUT2D eigenvalue weighted by molar-refractivity contribution is 6.03. The molecule has 0 unspecified atom stereocenters. The lowest BCUT2D eigenvalue weighted by Crippen LogP contribution is -2.07. The van der Waals surface area contributed by atoms with Gasteiger partial charge in [-0.3, -0.25) is 4.79 Å². The van der Waals surface area contributed by atoms with Gasteiger partial charge in [0.1, 0.15) is 0 Å². The Morgan fingerprint density at radius 3 is 2.59 bits per heavy atom. The second kappa shape index (κ2) is 8.90. The molecule has 0 heterocycles. The molecular formula is C23H23NO3. The van der Waals surface area contributed by atoms with Crippen molar-refractivity contribution in [3.8, 4) is 11.5 Å². The van der Waals surface area contributed by atoms with Crippen molar-refractivity contribution in [2.24, 2.45) is 0 Å². The maximum Gasteiger partial charge on any atom is 0.248 e. The van der Waals surface area contributed by atoms with Gasteiger partial charge in [0.15, 0.2) is 11.5 Å². The molecule has 0 atom stereocenters. The number of carbonyl (C=O) groups is 1. The van der Waals surface area contributed by atoms with Gasteiger partial charge in [0.2, 0.25) is 5.91 Å². The van der Waals surface area contributed by atoms with Crippen molar-refractivity contribution in [2.75, 3.05) is 19.0 Å². The predicted octanol–water partition coefficient (Wildman–Crippen LogP) is 5.29. The molecule has 138 valence electrons. The highest BCUT2D eigenvalue weighted by Gasteiger charge is 2.05. The quantitative estimate of drug-likeness (QED) is 0.582. The number of anilines is 1. The van der Waals surface area contributed by atoms with Crippen molar-refractivity contribution in [1.29, 1.82) is 0 Å². The van der Waals surface area contributed by atoms with Gasteiger partial charge in [0, 0.05) is 11.8 Å². The van der Waals surface area contributed by atoms with Crippen LogP contribution in [0.4, 0.5) is 5.69 Å². The van der Waals surface area contributed by atoms with Crippen LogP contribution in [0.25, 0.3) is 16.8 Å². The molecule has 0 aliphatic rings. The lowest BCUT2D eigenvalue weighted by molar-refractivity contribution is -0.111. The zero-order valence-corrected chi connectivity index (χ0v) is 15.6. The molecule has 1 N–H and O–H groups in total. The smallest absolute Gasteiger partial charge is 0.248 e. The second-order valence-electron chi connectivity index (χ2n) is 6.14. The fourth-order valence-corrected chi connectivity index (χ4v) is 2.74. The van der Waals surface area contributed by atoms with Crippen LogP contribution in [0, 0.1) is 0 Å². The highest BCUT2D eigenvalue weighted by Crippen LogP contribution is 2.28. The SMILES string of the molecule is CCCOc1ccc(/C=C/C(=O)Nc2ccc3ccccc3c2)cc1OC. The summed E-state index contributed by atoms with van der Waals surface area (Å²) in [4.78, 5) is 12.2. The Balaban J connectivity index is 1.68. The minimum absolute atomic E-state index is 0.185. The normalized spacial score (nSPS) is 10.9. The van der Waals surface area contributed by atoms with E-state index in [0.29, 0.717) is 18.1 Å². The number of hydrogen-bond donors (Lipinski definition) is 1. The molecule has 4 heteroatoms. The van der Waals surface area contributed by atoms with Crippen molar-refractivity contribution in [1.82, 2.24) is 0 Å². The minimum atomic E-state index is -0.185. The van der Waals surface area contributed by atoms with Crippen LogP contribution in [0.2, 0.25) is 0 Å². The first-order valence-electron chi connectivity index (χ1n) is 8.98. The third-order valence-corrected chi connectivity index (χ3v) is 4.09. The molecule has 0 aromatic heterocycles. The van der Waals surface area contributed by atoms with E-state index < -0.39 is 0 Å². The molecule has 0 fully saturated rings. The van der Waals surface area contributed by atoms with E-state index in [1.54, 1.807) is 13.2 Å². The van der Waals surface area contributed by atoms with Crippen molar-refractivity contribution < 1.29 is 14.3 Å². The van der Waals surface area contributed by atoms with Crippen LogP contribution in [-0.2, 0) is 4.79 Å². The second-order valence-corrected chi connectivity index (χ2v) is 6.14. The molecule has 0 bridgehead atoms. The number of benzene rings is 3. The van der Waals surface area contributed by atoms with Crippen LogP contribution in [0.5, 0.6) is 11.5 Å². The average Bonchev–Trinajstić information content (AvgIpc) is 2.70. The summed E-state index contributed by atoms with van der Waals surface area (Å²) in [5.41, 5.74) is 1.63. The largest absolute Gasteiger partial charge is 0.493 e. The molecule has 3 rings (SSSR count). The first-order chi connectivity index (χ1) is 13.2. The molecule has 1 amide bonds. The monoisotopic (exact) mass is 361 g/mol. The number of nitrogens with one attached hydrogen (secondary N) is 1. The Labute approximate surface area is 159 Å². The van der Waals surface area contributed by atoms with Gasteiger partial charge in [-0.05, 0) is 53.1 Å². The van der Waals surface area contributed by atoms with Gasteiger partial charge in [0.05, 0.1) is 13.7 Å². The van der Waals surface area contributed by atoms with Gasteiger partial charge >= 0.3 is 0 Å². The number of hydrogen-bond acceptors (Lipinski definition) is 3. The van der Waals surface area contributed by atoms with Gasteiger partial charge in [-0.2, -0.15) is 0 Å². The highest BCUT2D eigenvalue weighted by atomic mass is 16.5. The van der Waals surface area contributed by atoms with E-state index in [1.165, 1.54) is 6.08 Å². The van der Waals surface area contributed by atoms with E-state index in [0.717, 1.165) is 28.4 Å². The van der Waals surface area contributed by atoms with E-state index in [9.17, 15) is 4.79 Å². The molecule has 4 nitrogen and oxygen atoms in total. The van der Waals surface area contributed by atoms with Crippen LogP contribution in [0.15, 0.2) is 66.7 Å². The number of ether oxygens (including phenoxy) is 2. The minimum Gasteiger partial charge on any atom is -0.493 e. The van der Waals surface area contributed by atoms with Gasteiger partial charge in [-0.25, -0.2) is 0 Å². The summed E-state index contributed by atoms with van der Waals surface area (Å²) in [6.45, 7) is 2.69. The molecular weight excluding hydrogens is 338 g/mol. The predicted molar refractivity (Wildman–Crippen MR) is 110 cm³/mol. The summed E-state index contributed by atoms with van der Waals surface area (Å²) in [6.07, 6.45) is 4.19. The molecule has 3 aromatic rings. The maximum absolute atomic E-state index is 12.2. The lowest BCUT2D eigenvalue weighted by Gasteiger charge is -2.10. The average molecular weight is 361 g/mol. The number of fused-ring (bicyclic) bond motifs is 1. The molecule has 3 aromatic carbocycles. The first kappa shape index (κ1) is 18.5. The Hall–Kier alpha value is -3.27. The van der Waals surface area contributed by atoms with Crippen LogP contribution in [-0.4, -0.2) is 19.6 Å². The summed E-state index contributed by atoms with van der Waals surface area (Å²) in [6, 6.07) is 19.5. The third kappa shape index (κ3) is 4.88. The van der Waals surface area contributed by atoms with E-state index in [-0.39, 0.29) is 5.91 Å². The Morgan fingerprint density at radius 1 is 1.00 bits per heavy atom. The lowest BCUT2D eigenvalue weighted by atomic mass is 10.1. The molecule has 0 aliphatic heterocycles. The number of methoxy groups -OCH3 is 1. The van der Waals surface area contributed by atoms with Crippen LogP contribution < -0.4 is 14.8 Å². The Kier molecular flexibility index (Phi) is 6.10. The summed E-state index contributed by atoms with van der Waals surface area (Å²) in [5.74, 6) is 1.17. The molecule has 0 saturated carbocycles. The summed E-state index contributed by atoms with van der Waals surface area (Å²) < 4.78 is 11.0. The Bertz CT molecular complexity index is 963. The standard InChI is InChI=1S/C23H23NO3/c1-3-14-27-21-12-8-17(15-22(21)26-2)9-13-23(25)24-20-11-10-18-6-4-5-7-19(18)16-20/h4-13,15-16H,3,14H2,1-2H3,(H,24,25)/b13-9+. The number of rotatable bonds is 7.